The third kappa shape index (κ3) is 3.45. The monoisotopic (exact) mass is 360 g/mol. The molecule has 0 spiro atoms. The van der Waals surface area contributed by atoms with Crippen LogP contribution in [0.15, 0.2) is 34.1 Å². The minimum Gasteiger partial charge on any atom is -0.207 e. The van der Waals surface area contributed by atoms with Crippen LogP contribution in [-0.2, 0) is 20.0 Å². The molecule has 1 aliphatic rings. The molecule has 0 aliphatic carbocycles. The van der Waals surface area contributed by atoms with Crippen molar-refractivity contribution in [1.29, 1.82) is 0 Å². The summed E-state index contributed by atoms with van der Waals surface area (Å²) in [6, 6.07) is 5.35. The number of hydrogen-bond acceptors (Lipinski definition) is 4. The van der Waals surface area contributed by atoms with E-state index in [2.05, 4.69) is 0 Å². The summed E-state index contributed by atoms with van der Waals surface area (Å²) in [4.78, 5) is 0.219. The third-order valence-corrected chi connectivity index (χ3v) is 8.26. The minimum atomic E-state index is -3.62. The highest BCUT2D eigenvalue weighted by molar-refractivity contribution is 7.89. The number of piperidine rings is 1. The van der Waals surface area contributed by atoms with Crippen LogP contribution in [0.3, 0.4) is 0 Å². The van der Waals surface area contributed by atoms with Gasteiger partial charge >= 0.3 is 0 Å². The number of rotatable bonds is 4. The van der Waals surface area contributed by atoms with Crippen molar-refractivity contribution >= 4 is 20.0 Å². The largest absolute Gasteiger partial charge is 0.243 e. The second kappa shape index (κ2) is 6.51. The zero-order chi connectivity index (χ0) is 17.4. The Labute approximate surface area is 139 Å². The Balaban J connectivity index is 2.38. The molecule has 0 radical (unpaired) electrons. The Hall–Kier alpha value is -0.960. The molecule has 8 heteroatoms. The van der Waals surface area contributed by atoms with E-state index in [1.54, 1.807) is 4.31 Å². The zero-order valence-electron chi connectivity index (χ0n) is 13.9. The van der Waals surface area contributed by atoms with E-state index < -0.39 is 20.0 Å². The molecule has 1 saturated heterocycles. The van der Waals surface area contributed by atoms with Gasteiger partial charge in [0.25, 0.3) is 0 Å². The molecule has 0 saturated carbocycles. The average Bonchev–Trinajstić information content (AvgIpc) is 2.46. The number of sulfonamides is 2. The molecule has 0 aromatic heterocycles. The van der Waals surface area contributed by atoms with E-state index in [1.165, 1.54) is 38.4 Å². The Morgan fingerprint density at radius 3 is 1.78 bits per heavy atom. The highest BCUT2D eigenvalue weighted by Gasteiger charge is 2.35. The average molecular weight is 361 g/mol. The van der Waals surface area contributed by atoms with E-state index in [-0.39, 0.29) is 21.9 Å². The Bertz CT molecular complexity index is 745. The van der Waals surface area contributed by atoms with Crippen LogP contribution < -0.4 is 0 Å². The fourth-order valence-corrected chi connectivity index (χ4v) is 5.77. The molecule has 1 heterocycles. The van der Waals surface area contributed by atoms with Crippen molar-refractivity contribution in [3.63, 3.8) is 0 Å². The van der Waals surface area contributed by atoms with Crippen LogP contribution in [0.2, 0.25) is 0 Å². The lowest BCUT2D eigenvalue weighted by Gasteiger charge is -2.37. The maximum absolute atomic E-state index is 12.9. The van der Waals surface area contributed by atoms with Gasteiger partial charge in [-0.25, -0.2) is 21.1 Å². The first-order valence-electron chi connectivity index (χ1n) is 7.64. The molecular weight excluding hydrogens is 336 g/mol. The fraction of sp³-hybridized carbons (Fsp3) is 0.600. The summed E-state index contributed by atoms with van der Waals surface area (Å²) in [5.74, 6) is 0. The van der Waals surface area contributed by atoms with Gasteiger partial charge in [-0.1, -0.05) is 6.42 Å². The van der Waals surface area contributed by atoms with Crippen molar-refractivity contribution in [2.75, 3.05) is 14.1 Å². The Morgan fingerprint density at radius 2 is 1.35 bits per heavy atom. The number of benzene rings is 1. The van der Waals surface area contributed by atoms with Gasteiger partial charge in [0, 0.05) is 26.2 Å². The lowest BCUT2D eigenvalue weighted by molar-refractivity contribution is 0.204. The van der Waals surface area contributed by atoms with Crippen molar-refractivity contribution in [3.05, 3.63) is 24.3 Å². The Kier molecular flexibility index (Phi) is 5.20. The summed E-state index contributed by atoms with van der Waals surface area (Å²) >= 11 is 0. The lowest BCUT2D eigenvalue weighted by atomic mass is 10.0. The first kappa shape index (κ1) is 18.4. The molecule has 6 nitrogen and oxygen atoms in total. The Morgan fingerprint density at radius 1 is 0.913 bits per heavy atom. The predicted octanol–water partition coefficient (Wildman–Crippen LogP) is 1.89. The van der Waals surface area contributed by atoms with Gasteiger partial charge < -0.3 is 0 Å². The SMILES string of the molecule is C[C@@H]1CCC[C@H](C)N1S(=O)(=O)c1ccc(S(=O)(=O)N(C)C)cc1. The van der Waals surface area contributed by atoms with Gasteiger partial charge in [-0.05, 0) is 51.0 Å². The van der Waals surface area contributed by atoms with Crippen LogP contribution in [0.4, 0.5) is 0 Å². The molecule has 130 valence electrons. The first-order valence-corrected chi connectivity index (χ1v) is 10.5. The van der Waals surface area contributed by atoms with Crippen LogP contribution in [-0.4, -0.2) is 51.6 Å². The smallest absolute Gasteiger partial charge is 0.207 e. The van der Waals surface area contributed by atoms with Crippen LogP contribution in [0.1, 0.15) is 33.1 Å². The van der Waals surface area contributed by atoms with E-state index in [1.807, 2.05) is 13.8 Å². The van der Waals surface area contributed by atoms with Crippen molar-refractivity contribution in [2.24, 2.45) is 0 Å². The lowest BCUT2D eigenvalue weighted by Crippen LogP contribution is -2.47. The van der Waals surface area contributed by atoms with Gasteiger partial charge in [0.15, 0.2) is 0 Å². The van der Waals surface area contributed by atoms with Crippen LogP contribution in [0.5, 0.6) is 0 Å². The first-order chi connectivity index (χ1) is 10.6. The summed E-state index contributed by atoms with van der Waals surface area (Å²) < 4.78 is 52.5. The third-order valence-electron chi connectivity index (χ3n) is 4.29. The normalized spacial score (nSPS) is 24.0. The molecular formula is C15H24N2O4S2. The van der Waals surface area contributed by atoms with Crippen molar-refractivity contribution in [2.45, 2.75) is 55.0 Å². The molecule has 1 fully saturated rings. The maximum atomic E-state index is 12.9. The maximum Gasteiger partial charge on any atom is 0.243 e. The topological polar surface area (TPSA) is 74.8 Å². The molecule has 0 unspecified atom stereocenters. The van der Waals surface area contributed by atoms with Gasteiger partial charge in [-0.3, -0.25) is 0 Å². The molecule has 0 N–H and O–H groups in total. The van der Waals surface area contributed by atoms with Crippen LogP contribution in [0.25, 0.3) is 0 Å². The molecule has 2 atom stereocenters. The van der Waals surface area contributed by atoms with E-state index >= 15 is 0 Å². The quantitative estimate of drug-likeness (QED) is 0.822. The van der Waals surface area contributed by atoms with Gasteiger partial charge in [0.05, 0.1) is 9.79 Å². The minimum absolute atomic E-state index is 0.0473. The molecule has 2 rings (SSSR count). The highest BCUT2D eigenvalue weighted by Crippen LogP contribution is 2.30. The van der Waals surface area contributed by atoms with Gasteiger partial charge in [0.2, 0.25) is 20.0 Å². The molecule has 0 bridgehead atoms. The number of nitrogens with zero attached hydrogens (tertiary/aromatic N) is 2. The summed E-state index contributed by atoms with van der Waals surface area (Å²) in [5.41, 5.74) is 0. The molecule has 0 amide bonds. The highest BCUT2D eigenvalue weighted by atomic mass is 32.2. The van der Waals surface area contributed by atoms with Crippen molar-refractivity contribution in [1.82, 2.24) is 8.61 Å². The second-order valence-corrected chi connectivity index (χ2v) is 10.2. The van der Waals surface area contributed by atoms with Gasteiger partial charge in [-0.2, -0.15) is 4.31 Å². The zero-order valence-corrected chi connectivity index (χ0v) is 15.6. The van der Waals surface area contributed by atoms with E-state index in [0.717, 1.165) is 23.6 Å². The molecule has 1 aromatic rings. The van der Waals surface area contributed by atoms with Crippen molar-refractivity contribution < 1.29 is 16.8 Å². The van der Waals surface area contributed by atoms with Crippen LogP contribution >= 0.6 is 0 Å². The molecule has 23 heavy (non-hydrogen) atoms. The number of hydrogen-bond donors (Lipinski definition) is 0. The molecule has 1 aromatic carbocycles. The summed E-state index contributed by atoms with van der Waals surface area (Å²) in [6.07, 6.45) is 2.71. The summed E-state index contributed by atoms with van der Waals surface area (Å²) in [5, 5.41) is 0. The predicted molar refractivity (Wildman–Crippen MR) is 89.1 cm³/mol. The second-order valence-electron chi connectivity index (χ2n) is 6.22. The van der Waals surface area contributed by atoms with Crippen molar-refractivity contribution in [3.8, 4) is 0 Å². The van der Waals surface area contributed by atoms with Gasteiger partial charge in [0.1, 0.15) is 0 Å². The van der Waals surface area contributed by atoms with Gasteiger partial charge in [-0.15, -0.1) is 0 Å². The van der Waals surface area contributed by atoms with E-state index in [4.69, 9.17) is 0 Å². The van der Waals surface area contributed by atoms with Crippen LogP contribution in [0, 0.1) is 0 Å². The summed E-state index contributed by atoms with van der Waals surface area (Å²) in [7, 11) is -4.30. The van der Waals surface area contributed by atoms with E-state index in [9.17, 15) is 16.8 Å². The molecule has 1 aliphatic heterocycles. The standard InChI is InChI=1S/C15H24N2O4S2/c1-12-6-5-7-13(2)17(12)23(20,21)15-10-8-14(9-11-15)22(18,19)16(3)4/h8-13H,5-7H2,1-4H3/t12-,13+. The summed E-state index contributed by atoms with van der Waals surface area (Å²) in [6.45, 7) is 3.83. The fourth-order valence-electron chi connectivity index (χ4n) is 2.99. The van der Waals surface area contributed by atoms with E-state index in [0.29, 0.717) is 0 Å².